The van der Waals surface area contributed by atoms with Crippen molar-refractivity contribution in [3.8, 4) is 0 Å². The van der Waals surface area contributed by atoms with Gasteiger partial charge in [0.15, 0.2) is 12.2 Å². The fraction of sp³-hybridized carbons (Fsp3) is 0.455. The van der Waals surface area contributed by atoms with Gasteiger partial charge in [-0.1, -0.05) is 17.7 Å². The van der Waals surface area contributed by atoms with Crippen molar-refractivity contribution in [3.63, 3.8) is 0 Å². The van der Waals surface area contributed by atoms with Crippen LogP contribution in [0.5, 0.6) is 0 Å². The number of allylic oxidation sites excluding steroid dienone is 2. The van der Waals surface area contributed by atoms with Gasteiger partial charge in [0, 0.05) is 18.4 Å². The Morgan fingerprint density at radius 2 is 1.84 bits per heavy atom. The lowest BCUT2D eigenvalue weighted by molar-refractivity contribution is -0.150. The second kappa shape index (κ2) is 7.40. The molecule has 1 saturated heterocycles. The molecule has 164 valence electrons. The van der Waals surface area contributed by atoms with E-state index in [9.17, 15) is 14.4 Å². The number of benzene rings is 1. The molecule has 0 aromatic heterocycles. The van der Waals surface area contributed by atoms with E-state index in [1.54, 1.807) is 14.0 Å². The highest BCUT2D eigenvalue weighted by atomic mass is 16.5. The predicted molar refractivity (Wildman–Crippen MR) is 115 cm³/mol. The quantitative estimate of drug-likeness (QED) is 0.688. The highest BCUT2D eigenvalue weighted by Gasteiger charge is 2.56. The average Bonchev–Trinajstić information content (AvgIpc) is 3.21. The molecule has 9 nitrogen and oxygen atoms in total. The first-order chi connectivity index (χ1) is 14.7. The largest absolute Gasteiger partial charge is 0.465 e. The Kier molecular flexibility index (Phi) is 4.99. The van der Waals surface area contributed by atoms with Gasteiger partial charge in [0.2, 0.25) is 5.96 Å². The molecular weight excluding hydrogens is 398 g/mol. The number of nitrogens with zero attached hydrogens (tertiary/aromatic N) is 5. The number of amides is 3. The zero-order valence-electron chi connectivity index (χ0n) is 18.7. The van der Waals surface area contributed by atoms with Gasteiger partial charge in [-0.3, -0.25) is 24.3 Å². The maximum absolute atomic E-state index is 13.4. The highest BCUT2D eigenvalue weighted by Crippen LogP contribution is 2.40. The van der Waals surface area contributed by atoms with Crippen LogP contribution < -0.4 is 4.90 Å². The monoisotopic (exact) mass is 425 g/mol. The van der Waals surface area contributed by atoms with Crippen LogP contribution in [-0.4, -0.2) is 71.0 Å². The highest BCUT2D eigenvalue weighted by molar-refractivity contribution is 6.11. The number of esters is 1. The summed E-state index contributed by atoms with van der Waals surface area (Å²) >= 11 is 0. The molecule has 0 saturated carbocycles. The van der Waals surface area contributed by atoms with Gasteiger partial charge in [-0.05, 0) is 46.2 Å². The molecule has 2 unspecified atom stereocenters. The zero-order valence-corrected chi connectivity index (χ0v) is 18.7. The Morgan fingerprint density at radius 3 is 2.48 bits per heavy atom. The summed E-state index contributed by atoms with van der Waals surface area (Å²) in [5.41, 5.74) is 5.08. The van der Waals surface area contributed by atoms with Crippen LogP contribution in [0.15, 0.2) is 34.6 Å². The normalized spacial score (nSPS) is 22.8. The van der Waals surface area contributed by atoms with Gasteiger partial charge in [-0.15, -0.1) is 0 Å². The topological polar surface area (TPSA) is 85.8 Å². The van der Waals surface area contributed by atoms with Crippen LogP contribution in [0.2, 0.25) is 0 Å². The number of aliphatic imine (C=N–C) groups is 1. The lowest BCUT2D eigenvalue weighted by Crippen LogP contribution is -2.65. The lowest BCUT2D eigenvalue weighted by atomic mass is 10.1. The smallest absolute Gasteiger partial charge is 0.328 e. The Hall–Kier alpha value is -3.36. The molecule has 1 aromatic rings. The van der Waals surface area contributed by atoms with Crippen molar-refractivity contribution in [2.45, 2.75) is 46.8 Å². The molecular formula is C22H27N5O4. The van der Waals surface area contributed by atoms with E-state index in [2.05, 4.69) is 6.07 Å². The summed E-state index contributed by atoms with van der Waals surface area (Å²) < 4.78 is 4.95. The summed E-state index contributed by atoms with van der Waals surface area (Å²) in [4.78, 5) is 49.3. The summed E-state index contributed by atoms with van der Waals surface area (Å²) in [7, 11) is 1.60. The third-order valence-corrected chi connectivity index (χ3v) is 6.08. The van der Waals surface area contributed by atoms with Crippen molar-refractivity contribution in [1.29, 1.82) is 0 Å². The van der Waals surface area contributed by atoms with Crippen LogP contribution in [0.4, 0.5) is 10.5 Å². The van der Waals surface area contributed by atoms with Crippen LogP contribution in [0.1, 0.15) is 31.9 Å². The molecule has 2 atom stereocenters. The number of fused-ring (bicyclic) bond motifs is 3. The molecule has 0 spiro atoms. The number of urea groups is 1. The van der Waals surface area contributed by atoms with Gasteiger partial charge in [-0.2, -0.15) is 0 Å². The van der Waals surface area contributed by atoms with E-state index < -0.39 is 36.7 Å². The Morgan fingerprint density at radius 1 is 1.13 bits per heavy atom. The molecule has 3 amide bonds. The Labute approximate surface area is 181 Å². The number of carbonyl (C=O) groups is 3. The molecule has 0 N–H and O–H groups in total. The number of carbonyl (C=O) groups excluding carboxylic acids is 3. The Balaban J connectivity index is 1.73. The van der Waals surface area contributed by atoms with Crippen LogP contribution in [0.25, 0.3) is 0 Å². The van der Waals surface area contributed by atoms with E-state index >= 15 is 0 Å². The van der Waals surface area contributed by atoms with Gasteiger partial charge in [-0.25, -0.2) is 9.79 Å². The van der Waals surface area contributed by atoms with E-state index in [1.807, 2.05) is 49.6 Å². The number of hydrogen-bond donors (Lipinski definition) is 0. The first-order valence-electron chi connectivity index (χ1n) is 10.3. The van der Waals surface area contributed by atoms with Crippen molar-refractivity contribution in [1.82, 2.24) is 14.7 Å². The summed E-state index contributed by atoms with van der Waals surface area (Å²) in [5.74, 6) is -0.450. The standard InChI is InChI=1S/C22H27N5O4/c1-7-31-17(28)11-25-20(29)18-19(24(6)22(25)30)23-21-26(14(4)15(5)27(18)21)16-9-8-12(2)10-13(16)3/h8-10,18-19H,7,11H2,1-6H3. The molecule has 4 rings (SSSR count). The molecule has 31 heavy (non-hydrogen) atoms. The molecule has 3 aliphatic rings. The lowest BCUT2D eigenvalue weighted by Gasteiger charge is -2.40. The third-order valence-electron chi connectivity index (χ3n) is 6.08. The number of hydrogen-bond acceptors (Lipinski definition) is 7. The maximum atomic E-state index is 13.4. The van der Waals surface area contributed by atoms with Crippen LogP contribution >= 0.6 is 0 Å². The molecule has 3 heterocycles. The number of guanidine groups is 1. The number of imide groups is 1. The van der Waals surface area contributed by atoms with Crippen molar-refractivity contribution < 1.29 is 19.1 Å². The third kappa shape index (κ3) is 3.07. The van der Waals surface area contributed by atoms with Gasteiger partial charge < -0.3 is 9.64 Å². The molecule has 0 bridgehead atoms. The van der Waals surface area contributed by atoms with Gasteiger partial charge in [0.25, 0.3) is 5.91 Å². The predicted octanol–water partition coefficient (Wildman–Crippen LogP) is 2.20. The number of likely N-dealkylation sites (N-methyl/N-ethyl adjacent to an activating group) is 1. The van der Waals surface area contributed by atoms with Gasteiger partial charge >= 0.3 is 12.0 Å². The second-order valence-electron chi connectivity index (χ2n) is 8.08. The van der Waals surface area contributed by atoms with E-state index in [4.69, 9.17) is 9.73 Å². The summed E-state index contributed by atoms with van der Waals surface area (Å²) in [6.45, 7) is 9.46. The van der Waals surface area contributed by atoms with E-state index in [-0.39, 0.29) is 6.61 Å². The molecule has 1 fully saturated rings. The van der Waals surface area contributed by atoms with Crippen LogP contribution in [-0.2, 0) is 14.3 Å². The van der Waals surface area contributed by atoms with Gasteiger partial charge in [0.1, 0.15) is 6.54 Å². The molecule has 1 aromatic carbocycles. The first-order valence-corrected chi connectivity index (χ1v) is 10.3. The number of rotatable bonds is 4. The number of anilines is 1. The van der Waals surface area contributed by atoms with Crippen LogP contribution in [0.3, 0.4) is 0 Å². The summed E-state index contributed by atoms with van der Waals surface area (Å²) in [6, 6.07) is 4.90. The fourth-order valence-corrected chi connectivity index (χ4v) is 4.44. The molecule has 0 aliphatic carbocycles. The maximum Gasteiger partial charge on any atom is 0.328 e. The molecule has 9 heteroatoms. The minimum atomic E-state index is -0.724. The van der Waals surface area contributed by atoms with Gasteiger partial charge in [0.05, 0.1) is 12.3 Å². The van der Waals surface area contributed by atoms with Crippen molar-refractivity contribution >= 4 is 29.6 Å². The van der Waals surface area contributed by atoms with Crippen molar-refractivity contribution in [2.75, 3.05) is 25.1 Å². The summed E-state index contributed by atoms with van der Waals surface area (Å²) in [5, 5.41) is 0. The van der Waals surface area contributed by atoms with E-state index in [1.165, 1.54) is 4.90 Å². The summed E-state index contributed by atoms with van der Waals surface area (Å²) in [6.07, 6.45) is -0.662. The SMILES string of the molecule is CCOC(=O)CN1C(=O)C2C(N=C3N(c4ccc(C)cc4C)C(C)=C(C)N32)N(C)C1=O. The molecule has 0 radical (unpaired) electrons. The van der Waals surface area contributed by atoms with Crippen LogP contribution in [0, 0.1) is 13.8 Å². The average molecular weight is 425 g/mol. The first kappa shape index (κ1) is 20.9. The Bertz CT molecular complexity index is 1050. The molecule has 3 aliphatic heterocycles. The van der Waals surface area contributed by atoms with E-state index in [0.29, 0.717) is 5.96 Å². The van der Waals surface area contributed by atoms with E-state index in [0.717, 1.165) is 33.1 Å². The zero-order chi connectivity index (χ0) is 22.6. The van der Waals surface area contributed by atoms with Crippen molar-refractivity contribution in [2.24, 2.45) is 4.99 Å². The minimum Gasteiger partial charge on any atom is -0.465 e. The van der Waals surface area contributed by atoms with Crippen molar-refractivity contribution in [3.05, 3.63) is 40.7 Å². The fourth-order valence-electron chi connectivity index (χ4n) is 4.44. The minimum absolute atomic E-state index is 0.183. The second-order valence-corrected chi connectivity index (χ2v) is 8.08. The number of aryl methyl sites for hydroxylation is 2. The number of ether oxygens (including phenoxy) is 1.